The number of hydrogen-bond acceptors (Lipinski definition) is 4. The lowest BCUT2D eigenvalue weighted by Gasteiger charge is -2.29. The van der Waals surface area contributed by atoms with Gasteiger partial charge in [0.2, 0.25) is 0 Å². The Kier molecular flexibility index (Phi) is 4.66. The molecule has 156 valence electrons. The fourth-order valence-corrected chi connectivity index (χ4v) is 4.15. The SMILES string of the molecule is COc1cc2c(cc1Cc1ccc3nc(C)cn3c1)C(=O)N(c1ncccc1F)CC2. The molecule has 3 aromatic heterocycles. The monoisotopic (exact) mass is 416 g/mol. The van der Waals surface area contributed by atoms with E-state index in [4.69, 9.17) is 4.74 Å². The van der Waals surface area contributed by atoms with Gasteiger partial charge in [-0.3, -0.25) is 9.69 Å². The summed E-state index contributed by atoms with van der Waals surface area (Å²) in [7, 11) is 1.63. The number of amides is 1. The Hall–Kier alpha value is -3.74. The van der Waals surface area contributed by atoms with E-state index in [-0.39, 0.29) is 11.7 Å². The molecule has 0 radical (unpaired) electrons. The van der Waals surface area contributed by atoms with Crippen LogP contribution in [0.15, 0.2) is 55.0 Å². The summed E-state index contributed by atoms with van der Waals surface area (Å²) >= 11 is 0. The average molecular weight is 416 g/mol. The molecule has 1 aromatic carbocycles. The molecular formula is C24H21FN4O2. The normalized spacial score (nSPS) is 13.5. The number of aromatic nitrogens is 3. The summed E-state index contributed by atoms with van der Waals surface area (Å²) in [6.07, 6.45) is 6.70. The van der Waals surface area contributed by atoms with Gasteiger partial charge >= 0.3 is 0 Å². The molecule has 1 aliphatic heterocycles. The lowest BCUT2D eigenvalue weighted by molar-refractivity contribution is 0.0978. The number of anilines is 1. The molecule has 0 saturated carbocycles. The number of carbonyl (C=O) groups excluding carboxylic acids is 1. The van der Waals surface area contributed by atoms with Gasteiger partial charge in [0, 0.05) is 37.1 Å². The molecule has 4 heterocycles. The fourth-order valence-electron chi connectivity index (χ4n) is 4.15. The van der Waals surface area contributed by atoms with Crippen LogP contribution in [0, 0.1) is 12.7 Å². The van der Waals surface area contributed by atoms with Crippen LogP contribution < -0.4 is 9.64 Å². The molecule has 0 fully saturated rings. The zero-order valence-electron chi connectivity index (χ0n) is 17.3. The zero-order valence-corrected chi connectivity index (χ0v) is 17.3. The molecule has 0 saturated heterocycles. The molecule has 5 rings (SSSR count). The van der Waals surface area contributed by atoms with Crippen molar-refractivity contribution in [2.45, 2.75) is 19.8 Å². The third kappa shape index (κ3) is 3.42. The smallest absolute Gasteiger partial charge is 0.259 e. The van der Waals surface area contributed by atoms with E-state index in [1.54, 1.807) is 7.11 Å². The van der Waals surface area contributed by atoms with Crippen LogP contribution in [-0.2, 0) is 12.8 Å². The summed E-state index contributed by atoms with van der Waals surface area (Å²) in [5.41, 5.74) is 5.27. The quantitative estimate of drug-likeness (QED) is 0.505. The molecule has 31 heavy (non-hydrogen) atoms. The second-order valence-electron chi connectivity index (χ2n) is 7.70. The number of nitrogens with zero attached hydrogens (tertiary/aromatic N) is 4. The minimum atomic E-state index is -0.503. The number of aryl methyl sites for hydroxylation is 1. The van der Waals surface area contributed by atoms with E-state index in [2.05, 4.69) is 9.97 Å². The van der Waals surface area contributed by atoms with Crippen molar-refractivity contribution in [3.63, 3.8) is 0 Å². The van der Waals surface area contributed by atoms with Gasteiger partial charge in [0.25, 0.3) is 5.91 Å². The standard InChI is InChI=1S/C24H21FN4O2/c1-15-13-28-14-16(5-6-22(28)27-15)10-18-11-19-17(12-21(18)31-2)7-9-29(24(19)30)23-20(25)4-3-8-26-23/h3-6,8,11-14H,7,9-10H2,1-2H3. The molecule has 4 aromatic rings. The molecule has 7 heteroatoms. The first-order chi connectivity index (χ1) is 15.0. The maximum atomic E-state index is 14.3. The van der Waals surface area contributed by atoms with Gasteiger partial charge in [-0.25, -0.2) is 14.4 Å². The van der Waals surface area contributed by atoms with E-state index in [9.17, 15) is 9.18 Å². The highest BCUT2D eigenvalue weighted by atomic mass is 19.1. The van der Waals surface area contributed by atoms with Gasteiger partial charge in [-0.1, -0.05) is 6.07 Å². The van der Waals surface area contributed by atoms with Crippen LogP contribution >= 0.6 is 0 Å². The van der Waals surface area contributed by atoms with Crippen LogP contribution in [-0.4, -0.2) is 33.9 Å². The Balaban J connectivity index is 1.52. The zero-order chi connectivity index (χ0) is 21.5. The molecule has 0 atom stereocenters. The van der Waals surface area contributed by atoms with Crippen LogP contribution in [0.1, 0.15) is 32.7 Å². The van der Waals surface area contributed by atoms with Crippen molar-refractivity contribution >= 4 is 17.4 Å². The van der Waals surface area contributed by atoms with Gasteiger partial charge < -0.3 is 9.14 Å². The number of ether oxygens (including phenoxy) is 1. The molecule has 0 spiro atoms. The number of fused-ring (bicyclic) bond motifs is 2. The summed E-state index contributed by atoms with van der Waals surface area (Å²) in [5.74, 6) is 0.0581. The highest BCUT2D eigenvalue weighted by molar-refractivity contribution is 6.08. The van der Waals surface area contributed by atoms with Crippen molar-refractivity contribution in [3.8, 4) is 5.75 Å². The van der Waals surface area contributed by atoms with E-state index < -0.39 is 5.82 Å². The minimum Gasteiger partial charge on any atom is -0.496 e. The number of methoxy groups -OCH3 is 1. The second kappa shape index (κ2) is 7.50. The van der Waals surface area contributed by atoms with Gasteiger partial charge in [-0.2, -0.15) is 0 Å². The highest BCUT2D eigenvalue weighted by Gasteiger charge is 2.29. The third-order valence-electron chi connectivity index (χ3n) is 5.61. The van der Waals surface area contributed by atoms with Crippen LogP contribution in [0.2, 0.25) is 0 Å². The molecule has 1 aliphatic rings. The molecule has 0 unspecified atom stereocenters. The molecule has 6 nitrogen and oxygen atoms in total. The van der Waals surface area contributed by atoms with Crippen molar-refractivity contribution in [3.05, 3.63) is 88.8 Å². The van der Waals surface area contributed by atoms with Gasteiger partial charge in [-0.15, -0.1) is 0 Å². The molecule has 1 amide bonds. The number of carbonyl (C=O) groups is 1. The van der Waals surface area contributed by atoms with Gasteiger partial charge in [0.1, 0.15) is 11.4 Å². The summed E-state index contributed by atoms with van der Waals surface area (Å²) in [5, 5.41) is 0. The molecular weight excluding hydrogens is 395 g/mol. The number of benzene rings is 1. The van der Waals surface area contributed by atoms with Crippen molar-refractivity contribution in [1.82, 2.24) is 14.4 Å². The Labute approximate surface area is 178 Å². The first-order valence-corrected chi connectivity index (χ1v) is 10.1. The minimum absolute atomic E-state index is 0.0662. The molecule has 0 N–H and O–H groups in total. The third-order valence-corrected chi connectivity index (χ3v) is 5.61. The largest absolute Gasteiger partial charge is 0.496 e. The summed E-state index contributed by atoms with van der Waals surface area (Å²) in [4.78, 5) is 23.2. The molecule has 0 aliphatic carbocycles. The Morgan fingerprint density at radius 3 is 2.87 bits per heavy atom. The topological polar surface area (TPSA) is 59.7 Å². The fraction of sp³-hybridized carbons (Fsp3) is 0.208. The predicted molar refractivity (Wildman–Crippen MR) is 115 cm³/mol. The van der Waals surface area contributed by atoms with Crippen LogP contribution in [0.5, 0.6) is 5.75 Å². The lowest BCUT2D eigenvalue weighted by atomic mass is 9.93. The van der Waals surface area contributed by atoms with Crippen LogP contribution in [0.4, 0.5) is 10.2 Å². The number of halogens is 1. The summed E-state index contributed by atoms with van der Waals surface area (Å²) in [6.45, 7) is 2.33. The Morgan fingerprint density at radius 2 is 2.06 bits per heavy atom. The number of imidazole rings is 1. The summed E-state index contributed by atoms with van der Waals surface area (Å²) < 4.78 is 21.9. The molecule has 0 bridgehead atoms. The van der Waals surface area contributed by atoms with Crippen molar-refractivity contribution < 1.29 is 13.9 Å². The number of rotatable bonds is 4. The van der Waals surface area contributed by atoms with Gasteiger partial charge in [0.05, 0.1) is 12.8 Å². The van der Waals surface area contributed by atoms with Gasteiger partial charge in [-0.05, 0) is 60.4 Å². The first-order valence-electron chi connectivity index (χ1n) is 10.1. The predicted octanol–water partition coefficient (Wildman–Crippen LogP) is 3.98. The van der Waals surface area contributed by atoms with Crippen molar-refractivity contribution in [2.24, 2.45) is 0 Å². The average Bonchev–Trinajstić information content (AvgIpc) is 3.14. The number of pyridine rings is 2. The van der Waals surface area contributed by atoms with Crippen LogP contribution in [0.25, 0.3) is 5.65 Å². The van der Waals surface area contributed by atoms with Crippen molar-refractivity contribution in [2.75, 3.05) is 18.6 Å². The van der Waals surface area contributed by atoms with E-state index in [0.717, 1.165) is 33.8 Å². The van der Waals surface area contributed by atoms with Crippen LogP contribution in [0.3, 0.4) is 0 Å². The first kappa shape index (κ1) is 19.2. The summed E-state index contributed by atoms with van der Waals surface area (Å²) in [6, 6.07) is 10.6. The number of hydrogen-bond donors (Lipinski definition) is 0. The van der Waals surface area contributed by atoms with E-state index in [1.165, 1.54) is 23.2 Å². The lowest BCUT2D eigenvalue weighted by Crippen LogP contribution is -2.38. The van der Waals surface area contributed by atoms with E-state index in [0.29, 0.717) is 24.9 Å². The van der Waals surface area contributed by atoms with Crippen molar-refractivity contribution in [1.29, 1.82) is 0 Å². The maximum Gasteiger partial charge on any atom is 0.259 e. The van der Waals surface area contributed by atoms with E-state index >= 15 is 0 Å². The second-order valence-corrected chi connectivity index (χ2v) is 7.70. The van der Waals surface area contributed by atoms with Gasteiger partial charge in [0.15, 0.2) is 11.6 Å². The Bertz CT molecular complexity index is 1310. The maximum absolute atomic E-state index is 14.3. The highest BCUT2D eigenvalue weighted by Crippen LogP contribution is 2.31. The van der Waals surface area contributed by atoms with E-state index in [1.807, 2.05) is 48.0 Å². The Morgan fingerprint density at radius 1 is 1.19 bits per heavy atom.